The molecule has 6 nitrogen and oxygen atoms in total. The van der Waals surface area contributed by atoms with Crippen LogP contribution in [0.25, 0.3) is 0 Å². The summed E-state index contributed by atoms with van der Waals surface area (Å²) in [6.07, 6.45) is 6.40. The quantitative estimate of drug-likeness (QED) is 0.222. The van der Waals surface area contributed by atoms with Gasteiger partial charge in [0.15, 0.2) is 0 Å². The lowest BCUT2D eigenvalue weighted by Gasteiger charge is -2.15. The minimum atomic E-state index is -0.675. The van der Waals surface area contributed by atoms with Gasteiger partial charge in [0.25, 0.3) is 0 Å². The predicted octanol–water partition coefficient (Wildman–Crippen LogP) is 5.30. The van der Waals surface area contributed by atoms with Crippen molar-refractivity contribution < 1.29 is 24.6 Å². The normalized spacial score (nSPS) is 12.5. The first-order valence-electron chi connectivity index (χ1n) is 10.2. The molecule has 0 aliphatic heterocycles. The maximum atomic E-state index is 12.7. The lowest BCUT2D eigenvalue weighted by molar-refractivity contribution is 0.0344. The number of rotatable bonds is 11. The van der Waals surface area contributed by atoms with Crippen LogP contribution in [0, 0.1) is 0 Å². The standard InChI is InChI=1S/C25H29NO5/c1-4-6-13-21(26-30-17-19-11-8-7-9-12-19)14-20-15-22(27)16-23(28)24(20)25(29)31-18(3)10-5-2/h5-9,11-13,15-16,18,27-28H,2,4,10,14,17H2,1,3H3/b13-6+,26-21+. The third-order valence-corrected chi connectivity index (χ3v) is 4.37. The molecular formula is C25H29NO5. The second-order valence-electron chi connectivity index (χ2n) is 7.07. The number of phenolic OH excluding ortho intramolecular Hbond substituents is 2. The number of carbonyl (C=O) groups is 1. The maximum Gasteiger partial charge on any atom is 0.342 e. The molecule has 2 aromatic carbocycles. The van der Waals surface area contributed by atoms with Gasteiger partial charge in [0, 0.05) is 18.9 Å². The molecule has 2 N–H and O–H groups in total. The fourth-order valence-electron chi connectivity index (χ4n) is 2.90. The van der Waals surface area contributed by atoms with Crippen LogP contribution in [-0.2, 0) is 22.6 Å². The van der Waals surface area contributed by atoms with Crippen molar-refractivity contribution in [2.45, 2.75) is 45.8 Å². The molecule has 164 valence electrons. The summed E-state index contributed by atoms with van der Waals surface area (Å²) >= 11 is 0. The van der Waals surface area contributed by atoms with Crippen molar-refractivity contribution in [2.75, 3.05) is 0 Å². The maximum absolute atomic E-state index is 12.7. The van der Waals surface area contributed by atoms with E-state index in [-0.39, 0.29) is 23.5 Å². The van der Waals surface area contributed by atoms with Crippen LogP contribution in [-0.4, -0.2) is 28.0 Å². The number of nitrogens with zero attached hydrogens (tertiary/aromatic N) is 1. The lowest BCUT2D eigenvalue weighted by atomic mass is 10.00. The van der Waals surface area contributed by atoms with Crippen LogP contribution in [0.1, 0.15) is 48.2 Å². The Hall–Kier alpha value is -3.54. The van der Waals surface area contributed by atoms with Gasteiger partial charge in [-0.15, -0.1) is 6.58 Å². The minimum Gasteiger partial charge on any atom is -0.508 e. The van der Waals surface area contributed by atoms with Crippen LogP contribution in [0.2, 0.25) is 0 Å². The average molecular weight is 424 g/mol. The van der Waals surface area contributed by atoms with Gasteiger partial charge in [0.05, 0.1) is 5.71 Å². The van der Waals surface area contributed by atoms with Gasteiger partial charge in [-0.25, -0.2) is 4.79 Å². The van der Waals surface area contributed by atoms with E-state index in [2.05, 4.69) is 11.7 Å². The molecule has 1 atom stereocenters. The van der Waals surface area contributed by atoms with Gasteiger partial charge < -0.3 is 19.8 Å². The summed E-state index contributed by atoms with van der Waals surface area (Å²) in [7, 11) is 0. The topological polar surface area (TPSA) is 88.4 Å². The van der Waals surface area contributed by atoms with Crippen molar-refractivity contribution in [3.63, 3.8) is 0 Å². The number of esters is 1. The molecule has 0 aliphatic carbocycles. The van der Waals surface area contributed by atoms with E-state index in [9.17, 15) is 15.0 Å². The zero-order chi connectivity index (χ0) is 22.6. The Balaban J connectivity index is 2.28. The first-order chi connectivity index (χ1) is 14.9. The molecule has 0 heterocycles. The van der Waals surface area contributed by atoms with E-state index < -0.39 is 12.1 Å². The number of aromatic hydroxyl groups is 2. The summed E-state index contributed by atoms with van der Waals surface area (Å²) in [6, 6.07) is 12.2. The van der Waals surface area contributed by atoms with E-state index in [1.807, 2.05) is 43.3 Å². The summed E-state index contributed by atoms with van der Waals surface area (Å²) in [6.45, 7) is 7.66. The Bertz CT molecular complexity index is 934. The fraction of sp³-hybridized carbons (Fsp3) is 0.280. The van der Waals surface area contributed by atoms with Crippen molar-refractivity contribution in [1.82, 2.24) is 0 Å². The fourth-order valence-corrected chi connectivity index (χ4v) is 2.90. The van der Waals surface area contributed by atoms with Gasteiger partial charge in [-0.1, -0.05) is 54.6 Å². The van der Waals surface area contributed by atoms with Gasteiger partial charge in [0.1, 0.15) is 29.8 Å². The number of hydrogen-bond acceptors (Lipinski definition) is 6. The van der Waals surface area contributed by atoms with Crippen LogP contribution in [0.4, 0.5) is 0 Å². The number of hydrogen-bond donors (Lipinski definition) is 2. The molecule has 2 rings (SSSR count). The van der Waals surface area contributed by atoms with E-state index in [1.54, 1.807) is 19.1 Å². The highest BCUT2D eigenvalue weighted by molar-refractivity contribution is 6.00. The van der Waals surface area contributed by atoms with Gasteiger partial charge in [0.2, 0.25) is 0 Å². The largest absolute Gasteiger partial charge is 0.508 e. The van der Waals surface area contributed by atoms with E-state index in [0.717, 1.165) is 18.1 Å². The molecule has 6 heteroatoms. The van der Waals surface area contributed by atoms with Gasteiger partial charge >= 0.3 is 5.97 Å². The summed E-state index contributed by atoms with van der Waals surface area (Å²) in [5, 5.41) is 24.5. The van der Waals surface area contributed by atoms with E-state index in [0.29, 0.717) is 24.3 Å². The molecule has 0 bridgehead atoms. The molecule has 0 amide bonds. The van der Waals surface area contributed by atoms with Gasteiger partial charge in [-0.2, -0.15) is 0 Å². The highest BCUT2D eigenvalue weighted by Gasteiger charge is 2.22. The molecule has 0 saturated carbocycles. The zero-order valence-electron chi connectivity index (χ0n) is 18.0. The molecule has 0 spiro atoms. The summed E-state index contributed by atoms with van der Waals surface area (Å²) in [5.41, 5.74) is 1.89. The molecule has 0 saturated heterocycles. The molecule has 0 aromatic heterocycles. The van der Waals surface area contributed by atoms with Crippen molar-refractivity contribution in [2.24, 2.45) is 5.16 Å². The molecule has 1 unspecified atom stereocenters. The Labute approximate surface area is 183 Å². The monoisotopic (exact) mass is 423 g/mol. The van der Waals surface area contributed by atoms with E-state index in [4.69, 9.17) is 9.57 Å². The highest BCUT2D eigenvalue weighted by Crippen LogP contribution is 2.29. The highest BCUT2D eigenvalue weighted by atomic mass is 16.6. The molecular weight excluding hydrogens is 394 g/mol. The predicted molar refractivity (Wildman–Crippen MR) is 121 cm³/mol. The van der Waals surface area contributed by atoms with Gasteiger partial charge in [-0.05, 0) is 36.6 Å². The van der Waals surface area contributed by atoms with Crippen molar-refractivity contribution in [1.29, 1.82) is 0 Å². The van der Waals surface area contributed by atoms with Crippen molar-refractivity contribution in [3.05, 3.63) is 84.0 Å². The number of ether oxygens (including phenoxy) is 1. The first-order valence-corrected chi connectivity index (χ1v) is 10.2. The van der Waals surface area contributed by atoms with Crippen LogP contribution >= 0.6 is 0 Å². The van der Waals surface area contributed by atoms with Gasteiger partial charge in [-0.3, -0.25) is 0 Å². The number of carbonyl (C=O) groups excluding carboxylic acids is 1. The molecule has 0 radical (unpaired) electrons. The van der Waals surface area contributed by atoms with Crippen molar-refractivity contribution in [3.8, 4) is 11.5 Å². The van der Waals surface area contributed by atoms with E-state index >= 15 is 0 Å². The summed E-state index contributed by atoms with van der Waals surface area (Å²) < 4.78 is 5.40. The minimum absolute atomic E-state index is 0.00521. The van der Waals surface area contributed by atoms with Crippen LogP contribution in [0.5, 0.6) is 11.5 Å². The molecule has 31 heavy (non-hydrogen) atoms. The number of oxime groups is 1. The second-order valence-corrected chi connectivity index (χ2v) is 7.07. The Morgan fingerprint density at radius 2 is 1.97 bits per heavy atom. The van der Waals surface area contributed by atoms with E-state index in [1.165, 1.54) is 6.07 Å². The Morgan fingerprint density at radius 1 is 1.23 bits per heavy atom. The third-order valence-electron chi connectivity index (χ3n) is 4.37. The Morgan fingerprint density at radius 3 is 2.65 bits per heavy atom. The lowest BCUT2D eigenvalue weighted by Crippen LogP contribution is -2.17. The number of benzene rings is 2. The van der Waals surface area contributed by atoms with Crippen LogP contribution in [0.3, 0.4) is 0 Å². The average Bonchev–Trinajstić information content (AvgIpc) is 2.72. The van der Waals surface area contributed by atoms with Crippen LogP contribution in [0.15, 0.2) is 72.4 Å². The first kappa shape index (κ1) is 23.7. The second kappa shape index (κ2) is 12.2. The SMILES string of the molecule is C=CCC(C)OC(=O)c1c(O)cc(O)cc1CC(/C=C/CC)=N/OCc1ccccc1. The Kier molecular flexibility index (Phi) is 9.36. The zero-order valence-corrected chi connectivity index (χ0v) is 18.0. The molecule has 2 aromatic rings. The summed E-state index contributed by atoms with van der Waals surface area (Å²) in [5.74, 6) is -1.19. The summed E-state index contributed by atoms with van der Waals surface area (Å²) in [4.78, 5) is 18.2. The third kappa shape index (κ3) is 7.66. The van der Waals surface area contributed by atoms with Crippen LogP contribution < -0.4 is 0 Å². The molecule has 0 fully saturated rings. The number of allylic oxidation sites excluding steroid dienone is 2. The smallest absolute Gasteiger partial charge is 0.342 e. The number of phenols is 2. The molecule has 0 aliphatic rings. The van der Waals surface area contributed by atoms with Crippen molar-refractivity contribution >= 4 is 11.7 Å².